The van der Waals surface area contributed by atoms with Crippen molar-refractivity contribution in [2.45, 2.75) is 38.8 Å². The standard InChI is InChI=1S/C23H26N2O3/c1-2-13-25(16-19-7-5-18(15-24)6-8-19)23(26)20-9-11-21(12-10-20)28-17-22-4-3-14-27-22/h5-12,22H,2-4,13-14,16-17H2,1H3. The summed E-state index contributed by atoms with van der Waals surface area (Å²) in [6.07, 6.45) is 3.19. The van der Waals surface area contributed by atoms with Gasteiger partial charge in [-0.15, -0.1) is 0 Å². The lowest BCUT2D eigenvalue weighted by Crippen LogP contribution is -2.31. The number of benzene rings is 2. The molecule has 0 radical (unpaired) electrons. The number of nitrogens with zero attached hydrogens (tertiary/aromatic N) is 2. The lowest BCUT2D eigenvalue weighted by atomic mass is 10.1. The van der Waals surface area contributed by atoms with E-state index in [9.17, 15) is 4.79 Å². The van der Waals surface area contributed by atoms with E-state index in [0.717, 1.165) is 37.2 Å². The molecule has 0 saturated carbocycles. The van der Waals surface area contributed by atoms with Gasteiger partial charge in [0.25, 0.3) is 5.91 Å². The number of carbonyl (C=O) groups excluding carboxylic acids is 1. The van der Waals surface area contributed by atoms with E-state index in [1.807, 2.05) is 41.3 Å². The van der Waals surface area contributed by atoms with Crippen LogP contribution in [0.2, 0.25) is 0 Å². The monoisotopic (exact) mass is 378 g/mol. The first kappa shape index (κ1) is 19.9. The fourth-order valence-electron chi connectivity index (χ4n) is 3.27. The first-order valence-electron chi connectivity index (χ1n) is 9.82. The maximum atomic E-state index is 13.0. The maximum absolute atomic E-state index is 13.0. The first-order chi connectivity index (χ1) is 13.7. The number of ether oxygens (including phenoxy) is 2. The zero-order chi connectivity index (χ0) is 19.8. The predicted molar refractivity (Wildman–Crippen MR) is 107 cm³/mol. The van der Waals surface area contributed by atoms with E-state index >= 15 is 0 Å². The Kier molecular flexibility index (Phi) is 7.05. The summed E-state index contributed by atoms with van der Waals surface area (Å²) in [6.45, 7) is 4.62. The molecule has 0 spiro atoms. The van der Waals surface area contributed by atoms with Crippen LogP contribution in [-0.2, 0) is 11.3 Å². The summed E-state index contributed by atoms with van der Waals surface area (Å²) in [5.74, 6) is 0.748. The molecule has 1 atom stereocenters. The van der Waals surface area contributed by atoms with Crippen LogP contribution in [0.3, 0.4) is 0 Å². The maximum Gasteiger partial charge on any atom is 0.254 e. The normalized spacial score (nSPS) is 15.8. The average molecular weight is 378 g/mol. The predicted octanol–water partition coefficient (Wildman–Crippen LogP) is 4.17. The van der Waals surface area contributed by atoms with Gasteiger partial charge in [-0.05, 0) is 61.2 Å². The molecular formula is C23H26N2O3. The van der Waals surface area contributed by atoms with Crippen molar-refractivity contribution >= 4 is 5.91 Å². The average Bonchev–Trinajstić information content (AvgIpc) is 3.26. The molecule has 3 rings (SSSR count). The van der Waals surface area contributed by atoms with E-state index < -0.39 is 0 Å². The van der Waals surface area contributed by atoms with Gasteiger partial charge in [-0.2, -0.15) is 5.26 Å². The molecule has 5 heteroatoms. The van der Waals surface area contributed by atoms with Crippen LogP contribution < -0.4 is 4.74 Å². The SMILES string of the molecule is CCCN(Cc1ccc(C#N)cc1)C(=O)c1ccc(OCC2CCCO2)cc1. The molecule has 1 unspecified atom stereocenters. The highest BCUT2D eigenvalue weighted by Gasteiger charge is 2.17. The zero-order valence-corrected chi connectivity index (χ0v) is 16.3. The molecule has 2 aromatic rings. The van der Waals surface area contributed by atoms with Gasteiger partial charge in [-0.3, -0.25) is 4.79 Å². The number of amides is 1. The summed E-state index contributed by atoms with van der Waals surface area (Å²) >= 11 is 0. The molecule has 0 aliphatic carbocycles. The smallest absolute Gasteiger partial charge is 0.254 e. The number of nitriles is 1. The number of carbonyl (C=O) groups is 1. The second-order valence-corrected chi connectivity index (χ2v) is 7.01. The topological polar surface area (TPSA) is 62.6 Å². The van der Waals surface area contributed by atoms with Gasteiger partial charge >= 0.3 is 0 Å². The third-order valence-electron chi connectivity index (χ3n) is 4.80. The van der Waals surface area contributed by atoms with Gasteiger partial charge in [0.2, 0.25) is 0 Å². The highest BCUT2D eigenvalue weighted by Crippen LogP contribution is 2.18. The van der Waals surface area contributed by atoms with Crippen molar-refractivity contribution in [2.24, 2.45) is 0 Å². The van der Waals surface area contributed by atoms with Crippen LogP contribution in [0.15, 0.2) is 48.5 Å². The van der Waals surface area contributed by atoms with Gasteiger partial charge in [0.15, 0.2) is 0 Å². The molecule has 146 valence electrons. The van der Waals surface area contributed by atoms with Crippen LogP contribution in [0, 0.1) is 11.3 Å². The minimum absolute atomic E-state index is 0.00288. The molecule has 1 fully saturated rings. The van der Waals surface area contributed by atoms with Crippen LogP contribution in [-0.4, -0.2) is 36.7 Å². The van der Waals surface area contributed by atoms with E-state index in [1.54, 1.807) is 12.1 Å². The highest BCUT2D eigenvalue weighted by atomic mass is 16.5. The van der Waals surface area contributed by atoms with Crippen molar-refractivity contribution in [3.05, 3.63) is 65.2 Å². The highest BCUT2D eigenvalue weighted by molar-refractivity contribution is 5.94. The first-order valence-corrected chi connectivity index (χ1v) is 9.82. The zero-order valence-electron chi connectivity index (χ0n) is 16.3. The molecule has 0 aromatic heterocycles. The molecule has 1 saturated heterocycles. The van der Waals surface area contributed by atoms with E-state index in [4.69, 9.17) is 14.7 Å². The van der Waals surface area contributed by atoms with Crippen molar-refractivity contribution in [3.8, 4) is 11.8 Å². The molecule has 0 N–H and O–H groups in total. The van der Waals surface area contributed by atoms with Gasteiger partial charge in [-0.25, -0.2) is 0 Å². The molecule has 1 heterocycles. The van der Waals surface area contributed by atoms with Crippen molar-refractivity contribution in [1.29, 1.82) is 5.26 Å². The van der Waals surface area contributed by atoms with Crippen molar-refractivity contribution < 1.29 is 14.3 Å². The van der Waals surface area contributed by atoms with Crippen LogP contribution >= 0.6 is 0 Å². The minimum atomic E-state index is -0.00288. The van der Waals surface area contributed by atoms with Crippen LogP contribution in [0.25, 0.3) is 0 Å². The van der Waals surface area contributed by atoms with Gasteiger partial charge in [-0.1, -0.05) is 19.1 Å². The van der Waals surface area contributed by atoms with E-state index in [2.05, 4.69) is 13.0 Å². The Balaban J connectivity index is 1.62. The molecule has 1 amide bonds. The minimum Gasteiger partial charge on any atom is -0.491 e. The summed E-state index contributed by atoms with van der Waals surface area (Å²) < 4.78 is 11.3. The van der Waals surface area contributed by atoms with E-state index in [0.29, 0.717) is 30.8 Å². The Bertz CT molecular complexity index is 803. The Morgan fingerprint density at radius 3 is 2.57 bits per heavy atom. The number of hydrogen-bond donors (Lipinski definition) is 0. The fourth-order valence-corrected chi connectivity index (χ4v) is 3.27. The third-order valence-corrected chi connectivity index (χ3v) is 4.80. The van der Waals surface area contributed by atoms with Crippen molar-refractivity contribution in [2.75, 3.05) is 19.8 Å². The van der Waals surface area contributed by atoms with Crippen molar-refractivity contribution in [1.82, 2.24) is 4.90 Å². The fraction of sp³-hybridized carbons (Fsp3) is 0.391. The van der Waals surface area contributed by atoms with Crippen LogP contribution in [0.5, 0.6) is 5.75 Å². The molecular weight excluding hydrogens is 352 g/mol. The summed E-state index contributed by atoms with van der Waals surface area (Å²) in [7, 11) is 0. The largest absolute Gasteiger partial charge is 0.491 e. The molecule has 0 bridgehead atoms. The summed E-state index contributed by atoms with van der Waals surface area (Å²) in [5.41, 5.74) is 2.28. The molecule has 1 aliphatic heterocycles. The summed E-state index contributed by atoms with van der Waals surface area (Å²) in [5, 5.41) is 8.92. The molecule has 1 aliphatic rings. The molecule has 2 aromatic carbocycles. The van der Waals surface area contributed by atoms with E-state index in [1.165, 1.54) is 0 Å². The lowest BCUT2D eigenvalue weighted by molar-refractivity contribution is 0.0678. The molecule has 5 nitrogen and oxygen atoms in total. The summed E-state index contributed by atoms with van der Waals surface area (Å²) in [4.78, 5) is 14.8. The Morgan fingerprint density at radius 2 is 1.96 bits per heavy atom. The van der Waals surface area contributed by atoms with Crippen LogP contribution in [0.4, 0.5) is 0 Å². The van der Waals surface area contributed by atoms with Crippen molar-refractivity contribution in [3.63, 3.8) is 0 Å². The Labute approximate surface area is 166 Å². The Morgan fingerprint density at radius 1 is 1.21 bits per heavy atom. The van der Waals surface area contributed by atoms with Gasteiger partial charge < -0.3 is 14.4 Å². The quantitative estimate of drug-likeness (QED) is 0.692. The molecule has 28 heavy (non-hydrogen) atoms. The number of rotatable bonds is 8. The second kappa shape index (κ2) is 9.91. The van der Waals surface area contributed by atoms with E-state index in [-0.39, 0.29) is 12.0 Å². The van der Waals surface area contributed by atoms with Crippen LogP contribution in [0.1, 0.15) is 47.7 Å². The number of hydrogen-bond acceptors (Lipinski definition) is 4. The summed E-state index contributed by atoms with van der Waals surface area (Å²) in [6, 6.07) is 16.8. The lowest BCUT2D eigenvalue weighted by Gasteiger charge is -2.22. The third kappa shape index (κ3) is 5.34. The Hall–Kier alpha value is -2.84. The van der Waals surface area contributed by atoms with Gasteiger partial charge in [0.1, 0.15) is 12.4 Å². The second-order valence-electron chi connectivity index (χ2n) is 7.01. The van der Waals surface area contributed by atoms with Gasteiger partial charge in [0.05, 0.1) is 17.7 Å². The van der Waals surface area contributed by atoms with Gasteiger partial charge in [0, 0.05) is 25.3 Å².